The van der Waals surface area contributed by atoms with Crippen molar-refractivity contribution in [3.63, 3.8) is 0 Å². The molecule has 0 radical (unpaired) electrons. The third kappa shape index (κ3) is 4.21. The molecule has 0 aliphatic heterocycles. The maximum atomic E-state index is 13.9. The van der Waals surface area contributed by atoms with Crippen LogP contribution in [-0.2, 0) is 14.8 Å². The van der Waals surface area contributed by atoms with Crippen molar-refractivity contribution in [3.8, 4) is 16.9 Å². The van der Waals surface area contributed by atoms with Gasteiger partial charge in [-0.2, -0.15) is 0 Å². The number of rotatable bonds is 6. The Kier molecular flexibility index (Phi) is 5.55. The number of para-hydroxylation sites is 1. The second kappa shape index (κ2) is 7.92. The van der Waals surface area contributed by atoms with Crippen LogP contribution in [0.5, 0.6) is 5.75 Å². The number of ether oxygens (including phenoxy) is 1. The molecule has 0 atom stereocenters. The van der Waals surface area contributed by atoms with Gasteiger partial charge in [-0.05, 0) is 36.8 Å². The minimum absolute atomic E-state index is 0.0628. The van der Waals surface area contributed by atoms with E-state index in [2.05, 4.69) is 15.2 Å². The van der Waals surface area contributed by atoms with E-state index in [-0.39, 0.29) is 28.1 Å². The van der Waals surface area contributed by atoms with Crippen LogP contribution in [0.15, 0.2) is 51.9 Å². The number of aryl methyl sites for hydroxylation is 1. The van der Waals surface area contributed by atoms with E-state index in [0.29, 0.717) is 16.8 Å². The number of sulfonamides is 1. The third-order valence-corrected chi connectivity index (χ3v) is 5.40. The van der Waals surface area contributed by atoms with Gasteiger partial charge in [-0.1, -0.05) is 23.4 Å². The summed E-state index contributed by atoms with van der Waals surface area (Å²) in [6.07, 6.45) is 0. The number of anilines is 2. The van der Waals surface area contributed by atoms with Crippen LogP contribution < -0.4 is 14.8 Å². The molecule has 10 heteroatoms. The van der Waals surface area contributed by atoms with Crippen molar-refractivity contribution in [2.24, 2.45) is 0 Å². The molecule has 2 aromatic carbocycles. The number of carbonyl (C=O) groups is 1. The van der Waals surface area contributed by atoms with Crippen molar-refractivity contribution in [1.29, 1.82) is 0 Å². The Labute approximate surface area is 166 Å². The van der Waals surface area contributed by atoms with Gasteiger partial charge in [0, 0.05) is 6.92 Å². The summed E-state index contributed by atoms with van der Waals surface area (Å²) >= 11 is 0. The van der Waals surface area contributed by atoms with Gasteiger partial charge in [0.05, 0.1) is 24.1 Å². The van der Waals surface area contributed by atoms with Crippen molar-refractivity contribution >= 4 is 27.5 Å². The topological polar surface area (TPSA) is 111 Å². The van der Waals surface area contributed by atoms with Crippen LogP contribution in [0.25, 0.3) is 11.1 Å². The highest BCUT2D eigenvalue weighted by Crippen LogP contribution is 2.36. The van der Waals surface area contributed by atoms with Crippen LogP contribution in [-0.4, -0.2) is 26.6 Å². The molecule has 0 bridgehead atoms. The Morgan fingerprint density at radius 3 is 2.59 bits per heavy atom. The van der Waals surface area contributed by atoms with Crippen LogP contribution >= 0.6 is 0 Å². The molecule has 0 saturated carbocycles. The zero-order chi connectivity index (χ0) is 21.2. The number of nitrogens with one attached hydrogen (secondary N) is 2. The van der Waals surface area contributed by atoms with E-state index in [1.807, 2.05) is 0 Å². The van der Waals surface area contributed by atoms with Crippen molar-refractivity contribution in [2.45, 2.75) is 18.7 Å². The second-order valence-corrected chi connectivity index (χ2v) is 7.76. The summed E-state index contributed by atoms with van der Waals surface area (Å²) in [6.45, 7) is 2.96. The van der Waals surface area contributed by atoms with Gasteiger partial charge in [0.25, 0.3) is 10.0 Å². The highest BCUT2D eigenvalue weighted by Gasteiger charge is 2.24. The maximum Gasteiger partial charge on any atom is 0.265 e. The number of benzene rings is 2. The molecule has 2 N–H and O–H groups in total. The van der Waals surface area contributed by atoms with Gasteiger partial charge in [-0.25, -0.2) is 12.8 Å². The second-order valence-electron chi connectivity index (χ2n) is 6.10. The first kappa shape index (κ1) is 20.3. The molecule has 0 aliphatic carbocycles. The fourth-order valence-corrected chi connectivity index (χ4v) is 4.00. The first-order valence-electron chi connectivity index (χ1n) is 8.42. The molecule has 0 saturated heterocycles. The Bertz CT molecular complexity index is 1170. The number of carbonyl (C=O) groups excluding carboxylic acids is 1. The zero-order valence-corrected chi connectivity index (χ0v) is 16.6. The largest absolute Gasteiger partial charge is 0.495 e. The fraction of sp³-hybridized carbons (Fsp3) is 0.158. The minimum Gasteiger partial charge on any atom is -0.495 e. The summed E-state index contributed by atoms with van der Waals surface area (Å²) in [4.78, 5) is 11.2. The number of aromatic nitrogens is 1. The Balaban J connectivity index is 2.10. The lowest BCUT2D eigenvalue weighted by atomic mass is 10.1. The van der Waals surface area contributed by atoms with E-state index in [9.17, 15) is 17.6 Å². The average molecular weight is 419 g/mol. The summed E-state index contributed by atoms with van der Waals surface area (Å²) in [6, 6.07) is 9.81. The molecule has 1 aromatic heterocycles. The highest BCUT2D eigenvalue weighted by atomic mass is 32.2. The molecule has 3 aromatic rings. The molecule has 8 nitrogen and oxygen atoms in total. The number of halogens is 1. The lowest BCUT2D eigenvalue weighted by molar-refractivity contribution is -0.114. The smallest absolute Gasteiger partial charge is 0.265 e. The van der Waals surface area contributed by atoms with E-state index in [1.54, 1.807) is 13.0 Å². The lowest BCUT2D eigenvalue weighted by Gasteiger charge is -2.14. The SMILES string of the molecule is COc1ccc(-c2c(C)noc2NC(C)=O)cc1S(=O)(=O)Nc1ccccc1F. The van der Waals surface area contributed by atoms with E-state index < -0.39 is 15.8 Å². The summed E-state index contributed by atoms with van der Waals surface area (Å²) in [5.74, 6) is -0.933. The summed E-state index contributed by atoms with van der Waals surface area (Å²) in [7, 11) is -2.87. The average Bonchev–Trinajstić information content (AvgIpc) is 3.02. The predicted octanol–water partition coefficient (Wildman–Crippen LogP) is 3.56. The molecule has 0 fully saturated rings. The molecule has 1 heterocycles. The van der Waals surface area contributed by atoms with Crippen LogP contribution in [0.4, 0.5) is 16.0 Å². The van der Waals surface area contributed by atoms with Crippen LogP contribution in [0.3, 0.4) is 0 Å². The van der Waals surface area contributed by atoms with Gasteiger partial charge >= 0.3 is 0 Å². The Morgan fingerprint density at radius 1 is 1.21 bits per heavy atom. The number of amides is 1. The van der Waals surface area contributed by atoms with Gasteiger partial charge in [-0.15, -0.1) is 0 Å². The summed E-state index contributed by atoms with van der Waals surface area (Å²) in [5.41, 5.74) is 1.09. The quantitative estimate of drug-likeness (QED) is 0.632. The Morgan fingerprint density at radius 2 is 1.93 bits per heavy atom. The first-order chi connectivity index (χ1) is 13.7. The van der Waals surface area contributed by atoms with Gasteiger partial charge < -0.3 is 9.26 Å². The summed E-state index contributed by atoms with van der Waals surface area (Å²) in [5, 5.41) is 6.34. The molecule has 0 unspecified atom stereocenters. The molecule has 0 spiro atoms. The number of nitrogens with zero attached hydrogens (tertiary/aromatic N) is 1. The molecule has 152 valence electrons. The maximum absolute atomic E-state index is 13.9. The molecule has 1 amide bonds. The van der Waals surface area contributed by atoms with Crippen molar-refractivity contribution in [3.05, 3.63) is 54.0 Å². The van der Waals surface area contributed by atoms with E-state index >= 15 is 0 Å². The molecular weight excluding hydrogens is 401 g/mol. The summed E-state index contributed by atoms with van der Waals surface area (Å²) < 4.78 is 52.3. The normalized spacial score (nSPS) is 11.2. The molecule has 29 heavy (non-hydrogen) atoms. The van der Waals surface area contributed by atoms with E-state index in [0.717, 1.165) is 6.07 Å². The molecule has 3 rings (SSSR count). The van der Waals surface area contributed by atoms with Crippen LogP contribution in [0, 0.1) is 12.7 Å². The van der Waals surface area contributed by atoms with Gasteiger partial charge in [-0.3, -0.25) is 14.8 Å². The van der Waals surface area contributed by atoms with Crippen molar-refractivity contribution < 1.29 is 26.9 Å². The minimum atomic E-state index is -4.19. The first-order valence-corrected chi connectivity index (χ1v) is 9.91. The monoisotopic (exact) mass is 419 g/mol. The number of hydrogen-bond acceptors (Lipinski definition) is 6. The van der Waals surface area contributed by atoms with Crippen LogP contribution in [0.1, 0.15) is 12.6 Å². The molecule has 0 aliphatic rings. The van der Waals surface area contributed by atoms with Gasteiger partial charge in [0.1, 0.15) is 16.5 Å². The third-order valence-electron chi connectivity index (χ3n) is 4.01. The van der Waals surface area contributed by atoms with Crippen LogP contribution in [0.2, 0.25) is 0 Å². The Hall–Kier alpha value is -3.40. The lowest BCUT2D eigenvalue weighted by Crippen LogP contribution is -2.15. The highest BCUT2D eigenvalue weighted by molar-refractivity contribution is 7.92. The fourth-order valence-electron chi connectivity index (χ4n) is 2.74. The van der Waals surface area contributed by atoms with Crippen molar-refractivity contribution in [2.75, 3.05) is 17.1 Å². The zero-order valence-electron chi connectivity index (χ0n) is 15.8. The standard InChI is InChI=1S/C19H18FN3O5S/c1-11-18(19(28-22-11)21-12(2)24)13-8-9-16(27-3)17(10-13)29(25,26)23-15-7-5-4-6-14(15)20/h4-10,23H,1-3H3,(H,21,24). The van der Waals surface area contributed by atoms with Crippen molar-refractivity contribution in [1.82, 2.24) is 5.16 Å². The number of hydrogen-bond donors (Lipinski definition) is 2. The number of methoxy groups -OCH3 is 1. The van der Waals surface area contributed by atoms with Gasteiger partial charge in [0.2, 0.25) is 11.8 Å². The van der Waals surface area contributed by atoms with E-state index in [1.165, 1.54) is 44.4 Å². The molecular formula is C19H18FN3O5S. The predicted molar refractivity (Wildman–Crippen MR) is 105 cm³/mol. The van der Waals surface area contributed by atoms with Gasteiger partial charge in [0.15, 0.2) is 0 Å². The van der Waals surface area contributed by atoms with E-state index in [4.69, 9.17) is 9.26 Å².